The van der Waals surface area contributed by atoms with Gasteiger partial charge >= 0.3 is 0 Å². The number of thiophene rings is 1. The van der Waals surface area contributed by atoms with Crippen molar-refractivity contribution in [3.05, 3.63) is 23.1 Å². The first kappa shape index (κ1) is 8.87. The molecule has 0 saturated heterocycles. The van der Waals surface area contributed by atoms with E-state index in [-0.39, 0.29) is 6.61 Å². The fourth-order valence-corrected chi connectivity index (χ4v) is 2.56. The topological polar surface area (TPSA) is 46.2 Å². The summed E-state index contributed by atoms with van der Waals surface area (Å²) < 4.78 is 1.05. The first-order valence-corrected chi connectivity index (χ1v) is 5.14. The molecule has 2 nitrogen and oxygen atoms in total. The highest BCUT2D eigenvalue weighted by molar-refractivity contribution is 7.80. The lowest BCUT2D eigenvalue weighted by molar-refractivity contribution is 0.283. The summed E-state index contributed by atoms with van der Waals surface area (Å²) in [6.07, 6.45) is 0. The summed E-state index contributed by atoms with van der Waals surface area (Å²) >= 11 is 5.80. The second-order valence-electron chi connectivity index (χ2n) is 2.83. The van der Waals surface area contributed by atoms with Gasteiger partial charge in [-0.15, -0.1) is 24.0 Å². The maximum absolute atomic E-state index is 9.10. The zero-order valence-electron chi connectivity index (χ0n) is 6.82. The van der Waals surface area contributed by atoms with E-state index in [1.807, 2.05) is 17.5 Å². The molecular weight excluding hydrogens is 202 g/mol. The predicted molar refractivity (Wildman–Crippen MR) is 59.4 cm³/mol. The lowest BCUT2D eigenvalue weighted by Crippen LogP contribution is -1.85. The molecule has 2 aromatic rings. The van der Waals surface area contributed by atoms with E-state index in [0.717, 1.165) is 26.2 Å². The number of fused-ring (bicyclic) bond motifs is 1. The van der Waals surface area contributed by atoms with Crippen molar-refractivity contribution in [3.63, 3.8) is 0 Å². The van der Waals surface area contributed by atoms with E-state index in [1.165, 1.54) is 0 Å². The number of hydrogen-bond acceptors (Lipinski definition) is 4. The summed E-state index contributed by atoms with van der Waals surface area (Å²) in [5, 5.41) is 12.0. The van der Waals surface area contributed by atoms with Gasteiger partial charge in [-0.3, -0.25) is 0 Å². The summed E-state index contributed by atoms with van der Waals surface area (Å²) in [7, 11) is 0. The number of anilines is 1. The fraction of sp³-hybridized carbons (Fsp3) is 0.111. The molecule has 0 amide bonds. The van der Waals surface area contributed by atoms with Gasteiger partial charge in [0.2, 0.25) is 0 Å². The van der Waals surface area contributed by atoms with Crippen molar-refractivity contribution in [3.8, 4) is 0 Å². The molecule has 1 aromatic heterocycles. The summed E-state index contributed by atoms with van der Waals surface area (Å²) in [5.41, 5.74) is 7.41. The van der Waals surface area contributed by atoms with Gasteiger partial charge in [-0.05, 0) is 17.7 Å². The van der Waals surface area contributed by atoms with Crippen LogP contribution >= 0.6 is 24.0 Å². The number of aliphatic hydroxyl groups excluding tert-OH is 1. The van der Waals surface area contributed by atoms with Gasteiger partial charge in [0.05, 0.1) is 12.3 Å². The minimum absolute atomic E-state index is 0.0326. The van der Waals surface area contributed by atoms with Crippen LogP contribution < -0.4 is 5.73 Å². The molecule has 0 aliphatic carbocycles. The molecule has 2 rings (SSSR count). The third kappa shape index (κ3) is 1.41. The Morgan fingerprint density at radius 1 is 1.46 bits per heavy atom. The van der Waals surface area contributed by atoms with Crippen LogP contribution in [0.5, 0.6) is 0 Å². The van der Waals surface area contributed by atoms with Gasteiger partial charge in [0, 0.05) is 20.4 Å². The van der Waals surface area contributed by atoms with Gasteiger partial charge in [-0.25, -0.2) is 0 Å². The monoisotopic (exact) mass is 211 g/mol. The van der Waals surface area contributed by atoms with Crippen molar-refractivity contribution < 1.29 is 5.11 Å². The maximum Gasteiger partial charge on any atom is 0.0696 e. The van der Waals surface area contributed by atoms with E-state index >= 15 is 0 Å². The lowest BCUT2D eigenvalue weighted by Gasteiger charge is -2.00. The molecule has 0 spiro atoms. The van der Waals surface area contributed by atoms with Crippen molar-refractivity contribution in [2.75, 3.05) is 5.73 Å². The molecule has 1 heterocycles. The third-order valence-electron chi connectivity index (χ3n) is 1.94. The van der Waals surface area contributed by atoms with Crippen LogP contribution in [0.25, 0.3) is 10.1 Å². The van der Waals surface area contributed by atoms with Gasteiger partial charge < -0.3 is 10.8 Å². The molecule has 0 saturated carbocycles. The average molecular weight is 211 g/mol. The van der Waals surface area contributed by atoms with Gasteiger partial charge in [0.1, 0.15) is 0 Å². The standard InChI is InChI=1S/C9H9NOS2/c10-8-4-13-9-5(3-11)1-6(12)2-7(8)9/h1-2,4,11-12H,3,10H2. The molecule has 0 aliphatic rings. The molecule has 0 aliphatic heterocycles. The summed E-state index contributed by atoms with van der Waals surface area (Å²) in [4.78, 5) is 0.835. The molecule has 0 bridgehead atoms. The van der Waals surface area contributed by atoms with Crippen molar-refractivity contribution in [1.82, 2.24) is 0 Å². The Hall–Kier alpha value is -0.710. The number of nitrogens with two attached hydrogens (primary N) is 1. The Balaban J connectivity index is 2.84. The Kier molecular flexibility index (Phi) is 2.19. The first-order chi connectivity index (χ1) is 6.22. The number of hydrogen-bond donors (Lipinski definition) is 3. The minimum atomic E-state index is 0.0326. The molecular formula is C9H9NOS2. The number of thiol groups is 1. The summed E-state index contributed by atoms with van der Waals surface area (Å²) in [6.45, 7) is 0.0326. The van der Waals surface area contributed by atoms with Gasteiger partial charge in [0.25, 0.3) is 0 Å². The minimum Gasteiger partial charge on any atom is -0.398 e. The molecule has 68 valence electrons. The van der Waals surface area contributed by atoms with E-state index in [1.54, 1.807) is 11.3 Å². The highest BCUT2D eigenvalue weighted by Gasteiger charge is 2.06. The van der Waals surface area contributed by atoms with Crippen LogP contribution in [0, 0.1) is 0 Å². The molecule has 13 heavy (non-hydrogen) atoms. The Morgan fingerprint density at radius 2 is 2.23 bits per heavy atom. The number of benzene rings is 1. The highest BCUT2D eigenvalue weighted by Crippen LogP contribution is 2.33. The van der Waals surface area contributed by atoms with Crippen molar-refractivity contribution in [2.24, 2.45) is 0 Å². The van der Waals surface area contributed by atoms with E-state index in [4.69, 9.17) is 10.8 Å². The Morgan fingerprint density at radius 3 is 2.92 bits per heavy atom. The molecule has 3 N–H and O–H groups in total. The normalized spacial score (nSPS) is 10.9. The van der Waals surface area contributed by atoms with Crippen LogP contribution in [-0.4, -0.2) is 5.11 Å². The zero-order valence-corrected chi connectivity index (χ0v) is 8.53. The average Bonchev–Trinajstić information content (AvgIpc) is 2.47. The zero-order chi connectivity index (χ0) is 9.42. The summed E-state index contributed by atoms with van der Waals surface area (Å²) in [6, 6.07) is 3.78. The number of aliphatic hydroxyl groups is 1. The van der Waals surface area contributed by atoms with Crippen LogP contribution in [0.4, 0.5) is 5.69 Å². The van der Waals surface area contributed by atoms with E-state index in [0.29, 0.717) is 0 Å². The maximum atomic E-state index is 9.10. The molecule has 1 aromatic carbocycles. The smallest absolute Gasteiger partial charge is 0.0696 e. The van der Waals surface area contributed by atoms with E-state index in [9.17, 15) is 0 Å². The quantitative estimate of drug-likeness (QED) is 0.634. The predicted octanol–water partition coefficient (Wildman–Crippen LogP) is 2.26. The van der Waals surface area contributed by atoms with Crippen LogP contribution in [0.3, 0.4) is 0 Å². The molecule has 4 heteroatoms. The van der Waals surface area contributed by atoms with Crippen LogP contribution in [0.1, 0.15) is 5.56 Å². The second kappa shape index (κ2) is 3.21. The van der Waals surface area contributed by atoms with Gasteiger partial charge in [-0.2, -0.15) is 0 Å². The Bertz CT molecular complexity index is 450. The van der Waals surface area contributed by atoms with Crippen molar-refractivity contribution in [1.29, 1.82) is 0 Å². The van der Waals surface area contributed by atoms with Crippen LogP contribution in [-0.2, 0) is 6.61 Å². The van der Waals surface area contributed by atoms with Crippen molar-refractivity contribution in [2.45, 2.75) is 11.5 Å². The highest BCUT2D eigenvalue weighted by atomic mass is 32.1. The third-order valence-corrected chi connectivity index (χ3v) is 3.28. The SMILES string of the molecule is Nc1csc2c(CO)cc(S)cc12. The summed E-state index contributed by atoms with van der Waals surface area (Å²) in [5.74, 6) is 0. The Labute approximate surface area is 85.4 Å². The van der Waals surface area contributed by atoms with Gasteiger partial charge in [0.15, 0.2) is 0 Å². The number of nitrogen functional groups attached to an aromatic ring is 1. The van der Waals surface area contributed by atoms with Gasteiger partial charge in [-0.1, -0.05) is 0 Å². The number of rotatable bonds is 1. The van der Waals surface area contributed by atoms with E-state index in [2.05, 4.69) is 12.6 Å². The molecule has 0 unspecified atom stereocenters. The molecule has 0 fully saturated rings. The van der Waals surface area contributed by atoms with Crippen LogP contribution in [0.15, 0.2) is 22.4 Å². The second-order valence-corrected chi connectivity index (χ2v) is 4.23. The lowest BCUT2D eigenvalue weighted by atomic mass is 10.1. The van der Waals surface area contributed by atoms with Crippen molar-refractivity contribution >= 4 is 39.7 Å². The van der Waals surface area contributed by atoms with Crippen LogP contribution in [0.2, 0.25) is 0 Å². The molecule has 0 atom stereocenters. The largest absolute Gasteiger partial charge is 0.398 e. The molecule has 0 radical (unpaired) electrons. The van der Waals surface area contributed by atoms with E-state index < -0.39 is 0 Å². The first-order valence-electron chi connectivity index (χ1n) is 3.82. The fourth-order valence-electron chi connectivity index (χ4n) is 1.33.